The average Bonchev–Trinajstić information content (AvgIpc) is 2.20. The van der Waals surface area contributed by atoms with Gasteiger partial charge >= 0.3 is 12.1 Å². The van der Waals surface area contributed by atoms with Crippen LogP contribution in [0.25, 0.3) is 0 Å². The maximum absolute atomic E-state index is 11.6. The molecule has 1 amide bonds. The van der Waals surface area contributed by atoms with Gasteiger partial charge in [-0.25, -0.2) is 4.79 Å². The lowest BCUT2D eigenvalue weighted by molar-refractivity contribution is -0.142. The number of hydrogen-bond donors (Lipinski definition) is 4. The van der Waals surface area contributed by atoms with Gasteiger partial charge in [-0.1, -0.05) is 13.8 Å². The summed E-state index contributed by atoms with van der Waals surface area (Å²) in [5, 5.41) is 21.1. The van der Waals surface area contributed by atoms with Crippen molar-refractivity contribution in [3.05, 3.63) is 0 Å². The smallest absolute Gasteiger partial charge is 0.407 e. The number of carboxylic acids is 1. The number of carboxylic acid groups (broad SMARTS) is 1. The zero-order chi connectivity index (χ0) is 15.4. The minimum Gasteiger partial charge on any atom is -0.480 e. The van der Waals surface area contributed by atoms with E-state index in [-0.39, 0.29) is 5.92 Å². The molecule has 0 heterocycles. The van der Waals surface area contributed by atoms with Crippen molar-refractivity contribution in [2.45, 2.75) is 58.4 Å². The highest BCUT2D eigenvalue weighted by Crippen LogP contribution is 2.12. The SMILES string of the molecule is CC(C)C(NC(=O)OC(C)(C)C)C(O)C(N)C(=O)O. The fraction of sp³-hybridized carbons (Fsp3) is 0.833. The van der Waals surface area contributed by atoms with E-state index in [4.69, 9.17) is 15.6 Å². The fourth-order valence-corrected chi connectivity index (χ4v) is 1.46. The zero-order valence-electron chi connectivity index (χ0n) is 12.0. The summed E-state index contributed by atoms with van der Waals surface area (Å²) in [4.78, 5) is 22.4. The molecule has 0 aromatic rings. The monoisotopic (exact) mass is 276 g/mol. The number of hydrogen-bond acceptors (Lipinski definition) is 5. The Morgan fingerprint density at radius 2 is 1.74 bits per heavy atom. The Morgan fingerprint density at radius 3 is 2.05 bits per heavy atom. The number of aliphatic hydroxyl groups excluding tert-OH is 1. The number of ether oxygens (including phenoxy) is 1. The van der Waals surface area contributed by atoms with Crippen LogP contribution in [0.1, 0.15) is 34.6 Å². The van der Waals surface area contributed by atoms with Crippen molar-refractivity contribution in [2.75, 3.05) is 0 Å². The van der Waals surface area contributed by atoms with Crippen LogP contribution in [-0.4, -0.2) is 46.1 Å². The normalized spacial score (nSPS) is 16.6. The summed E-state index contributed by atoms with van der Waals surface area (Å²) in [6.45, 7) is 8.59. The summed E-state index contributed by atoms with van der Waals surface area (Å²) in [7, 11) is 0. The third kappa shape index (κ3) is 6.40. The van der Waals surface area contributed by atoms with Crippen LogP contribution in [0, 0.1) is 5.92 Å². The van der Waals surface area contributed by atoms with E-state index in [9.17, 15) is 14.7 Å². The Labute approximate surface area is 113 Å². The molecule has 3 atom stereocenters. The zero-order valence-corrected chi connectivity index (χ0v) is 12.0. The van der Waals surface area contributed by atoms with Crippen LogP contribution in [-0.2, 0) is 9.53 Å². The second kappa shape index (κ2) is 6.72. The predicted molar refractivity (Wildman–Crippen MR) is 69.6 cm³/mol. The summed E-state index contributed by atoms with van der Waals surface area (Å²) in [5.41, 5.74) is 4.68. The summed E-state index contributed by atoms with van der Waals surface area (Å²) in [6.07, 6.45) is -2.12. The molecule has 0 aliphatic heterocycles. The first-order chi connectivity index (χ1) is 8.45. The molecule has 0 radical (unpaired) electrons. The Morgan fingerprint density at radius 1 is 1.26 bits per heavy atom. The third-order valence-electron chi connectivity index (χ3n) is 2.42. The van der Waals surface area contributed by atoms with Gasteiger partial charge in [0.2, 0.25) is 0 Å². The summed E-state index contributed by atoms with van der Waals surface area (Å²) in [5.74, 6) is -1.53. The van der Waals surface area contributed by atoms with Crippen molar-refractivity contribution in [1.82, 2.24) is 5.32 Å². The largest absolute Gasteiger partial charge is 0.480 e. The van der Waals surface area contributed by atoms with E-state index in [1.54, 1.807) is 34.6 Å². The van der Waals surface area contributed by atoms with E-state index in [0.717, 1.165) is 0 Å². The van der Waals surface area contributed by atoms with Crippen molar-refractivity contribution < 1.29 is 24.5 Å². The van der Waals surface area contributed by atoms with Gasteiger partial charge in [-0.05, 0) is 26.7 Å². The first-order valence-corrected chi connectivity index (χ1v) is 6.11. The van der Waals surface area contributed by atoms with Crippen LogP contribution in [0.5, 0.6) is 0 Å². The topological polar surface area (TPSA) is 122 Å². The number of alkyl carbamates (subject to hydrolysis) is 1. The lowest BCUT2D eigenvalue weighted by Gasteiger charge is -2.30. The first kappa shape index (κ1) is 17.7. The second-order valence-electron chi connectivity index (χ2n) is 5.77. The molecule has 0 saturated carbocycles. The second-order valence-corrected chi connectivity index (χ2v) is 5.77. The van der Waals surface area contributed by atoms with Gasteiger partial charge in [0, 0.05) is 0 Å². The molecule has 19 heavy (non-hydrogen) atoms. The highest BCUT2D eigenvalue weighted by atomic mass is 16.6. The number of rotatable bonds is 5. The van der Waals surface area contributed by atoms with Gasteiger partial charge in [0.15, 0.2) is 0 Å². The molecular weight excluding hydrogens is 252 g/mol. The molecular formula is C12H24N2O5. The molecule has 0 rings (SSSR count). The Bertz CT molecular complexity index is 325. The third-order valence-corrected chi connectivity index (χ3v) is 2.42. The van der Waals surface area contributed by atoms with Gasteiger partial charge < -0.3 is 26.0 Å². The number of carbonyl (C=O) groups excluding carboxylic acids is 1. The number of aliphatic carboxylic acids is 1. The number of nitrogens with one attached hydrogen (secondary N) is 1. The van der Waals surface area contributed by atoms with Crippen LogP contribution < -0.4 is 11.1 Å². The number of amides is 1. The van der Waals surface area contributed by atoms with Gasteiger partial charge in [0.1, 0.15) is 17.7 Å². The molecule has 112 valence electrons. The van der Waals surface area contributed by atoms with Crippen molar-refractivity contribution in [3.8, 4) is 0 Å². The molecule has 0 spiro atoms. The minimum absolute atomic E-state index is 0.201. The maximum Gasteiger partial charge on any atom is 0.407 e. The Kier molecular flexibility index (Phi) is 6.24. The van der Waals surface area contributed by atoms with Crippen LogP contribution in [0.2, 0.25) is 0 Å². The fourth-order valence-electron chi connectivity index (χ4n) is 1.46. The van der Waals surface area contributed by atoms with E-state index >= 15 is 0 Å². The van der Waals surface area contributed by atoms with Crippen molar-refractivity contribution >= 4 is 12.1 Å². The van der Waals surface area contributed by atoms with E-state index in [1.165, 1.54) is 0 Å². The lowest BCUT2D eigenvalue weighted by atomic mass is 9.94. The Hall–Kier alpha value is -1.34. The van der Waals surface area contributed by atoms with Gasteiger partial charge in [-0.15, -0.1) is 0 Å². The van der Waals surface area contributed by atoms with Gasteiger partial charge in [-0.3, -0.25) is 4.79 Å². The molecule has 7 nitrogen and oxygen atoms in total. The molecule has 3 unspecified atom stereocenters. The minimum atomic E-state index is -1.47. The highest BCUT2D eigenvalue weighted by Gasteiger charge is 2.33. The molecule has 0 bridgehead atoms. The lowest BCUT2D eigenvalue weighted by Crippen LogP contribution is -2.56. The standard InChI is InChI=1S/C12H24N2O5/c1-6(2)8(9(15)7(13)10(16)17)14-11(18)19-12(3,4)5/h6-9,15H,13H2,1-5H3,(H,14,18)(H,16,17). The van der Waals surface area contributed by atoms with E-state index in [1.807, 2.05) is 0 Å². The van der Waals surface area contributed by atoms with Crippen LogP contribution >= 0.6 is 0 Å². The molecule has 0 aliphatic carbocycles. The molecule has 0 aromatic carbocycles. The van der Waals surface area contributed by atoms with Crippen LogP contribution in [0.3, 0.4) is 0 Å². The molecule has 0 saturated heterocycles. The van der Waals surface area contributed by atoms with Crippen molar-refractivity contribution in [2.24, 2.45) is 11.7 Å². The molecule has 0 fully saturated rings. The average molecular weight is 276 g/mol. The summed E-state index contributed by atoms with van der Waals surface area (Å²) in [6, 6.07) is -2.27. The maximum atomic E-state index is 11.6. The molecule has 7 heteroatoms. The molecule has 5 N–H and O–H groups in total. The number of carbonyl (C=O) groups is 2. The summed E-state index contributed by atoms with van der Waals surface area (Å²) < 4.78 is 5.06. The predicted octanol–water partition coefficient (Wildman–Crippen LogP) is 0.309. The van der Waals surface area contributed by atoms with Crippen molar-refractivity contribution in [3.63, 3.8) is 0 Å². The number of nitrogens with two attached hydrogens (primary N) is 1. The van der Waals surface area contributed by atoms with Crippen LogP contribution in [0.15, 0.2) is 0 Å². The Balaban J connectivity index is 4.76. The quantitative estimate of drug-likeness (QED) is 0.573. The summed E-state index contributed by atoms with van der Waals surface area (Å²) >= 11 is 0. The van der Waals surface area contributed by atoms with Crippen LogP contribution in [0.4, 0.5) is 4.79 Å². The van der Waals surface area contributed by atoms with Gasteiger partial charge in [0.25, 0.3) is 0 Å². The van der Waals surface area contributed by atoms with E-state index in [2.05, 4.69) is 5.32 Å². The van der Waals surface area contributed by atoms with Gasteiger partial charge in [0.05, 0.1) is 6.04 Å². The van der Waals surface area contributed by atoms with E-state index < -0.39 is 35.9 Å². The first-order valence-electron chi connectivity index (χ1n) is 6.11. The van der Waals surface area contributed by atoms with Crippen molar-refractivity contribution in [1.29, 1.82) is 0 Å². The number of aliphatic hydroxyl groups is 1. The molecule has 0 aromatic heterocycles. The highest BCUT2D eigenvalue weighted by molar-refractivity contribution is 5.74. The molecule has 0 aliphatic rings. The van der Waals surface area contributed by atoms with E-state index in [0.29, 0.717) is 0 Å². The van der Waals surface area contributed by atoms with Gasteiger partial charge in [-0.2, -0.15) is 0 Å².